The van der Waals surface area contributed by atoms with Crippen molar-refractivity contribution < 1.29 is 19.0 Å². The van der Waals surface area contributed by atoms with Crippen molar-refractivity contribution in [2.24, 2.45) is 0 Å². The Morgan fingerprint density at radius 3 is 2.46 bits per heavy atom. The zero-order valence-electron chi connectivity index (χ0n) is 14.1. The number of halogens is 1. The lowest BCUT2D eigenvalue weighted by molar-refractivity contribution is 0.0726. The molecule has 1 heterocycles. The SMILES string of the molecule is COc1ccc(OC)c(-c2ccc(OC(=O)c3cccc(Br)c3)nn2)c1. The Hall–Kier alpha value is -2.93. The van der Waals surface area contributed by atoms with E-state index in [1.54, 1.807) is 62.8 Å². The van der Waals surface area contributed by atoms with Gasteiger partial charge in [0.15, 0.2) is 0 Å². The molecule has 0 aliphatic carbocycles. The third kappa shape index (κ3) is 4.00. The van der Waals surface area contributed by atoms with E-state index in [2.05, 4.69) is 26.1 Å². The zero-order chi connectivity index (χ0) is 18.5. The van der Waals surface area contributed by atoms with Crippen LogP contribution < -0.4 is 14.2 Å². The summed E-state index contributed by atoms with van der Waals surface area (Å²) in [6, 6.07) is 15.6. The molecule has 0 N–H and O–H groups in total. The van der Waals surface area contributed by atoms with Crippen LogP contribution in [0.15, 0.2) is 59.1 Å². The van der Waals surface area contributed by atoms with Gasteiger partial charge in [-0.05, 0) is 42.5 Å². The predicted octanol–water partition coefficient (Wildman–Crippen LogP) is 4.14. The Morgan fingerprint density at radius 1 is 0.962 bits per heavy atom. The number of carbonyl (C=O) groups is 1. The molecule has 0 radical (unpaired) electrons. The van der Waals surface area contributed by atoms with Gasteiger partial charge in [0, 0.05) is 16.1 Å². The van der Waals surface area contributed by atoms with Crippen LogP contribution in [0.5, 0.6) is 17.4 Å². The van der Waals surface area contributed by atoms with Crippen LogP contribution in [0, 0.1) is 0 Å². The van der Waals surface area contributed by atoms with Gasteiger partial charge < -0.3 is 14.2 Å². The quantitative estimate of drug-likeness (QED) is 0.584. The fourth-order valence-electron chi connectivity index (χ4n) is 2.30. The summed E-state index contributed by atoms with van der Waals surface area (Å²) in [5, 5.41) is 8.10. The average Bonchev–Trinajstić information content (AvgIpc) is 2.68. The second-order valence-electron chi connectivity index (χ2n) is 5.22. The first-order chi connectivity index (χ1) is 12.6. The van der Waals surface area contributed by atoms with Gasteiger partial charge in [-0.25, -0.2) is 4.79 Å². The van der Waals surface area contributed by atoms with Gasteiger partial charge in [0.25, 0.3) is 0 Å². The lowest BCUT2D eigenvalue weighted by Crippen LogP contribution is -2.09. The van der Waals surface area contributed by atoms with Crippen molar-refractivity contribution in [1.82, 2.24) is 10.2 Å². The van der Waals surface area contributed by atoms with E-state index >= 15 is 0 Å². The zero-order valence-corrected chi connectivity index (χ0v) is 15.7. The van der Waals surface area contributed by atoms with Crippen LogP contribution in [-0.4, -0.2) is 30.4 Å². The Labute approximate surface area is 158 Å². The lowest BCUT2D eigenvalue weighted by Gasteiger charge is -2.10. The molecule has 26 heavy (non-hydrogen) atoms. The molecule has 0 aliphatic rings. The van der Waals surface area contributed by atoms with Crippen molar-refractivity contribution in [3.63, 3.8) is 0 Å². The molecule has 2 aromatic carbocycles. The third-order valence-electron chi connectivity index (χ3n) is 3.58. The van der Waals surface area contributed by atoms with Crippen LogP contribution in [-0.2, 0) is 0 Å². The Balaban J connectivity index is 1.82. The van der Waals surface area contributed by atoms with Gasteiger partial charge in [-0.2, -0.15) is 0 Å². The van der Waals surface area contributed by atoms with E-state index in [1.165, 1.54) is 0 Å². The van der Waals surface area contributed by atoms with Gasteiger partial charge in [-0.1, -0.05) is 22.0 Å². The van der Waals surface area contributed by atoms with Crippen LogP contribution >= 0.6 is 15.9 Å². The Kier molecular flexibility index (Phi) is 5.48. The number of benzene rings is 2. The highest BCUT2D eigenvalue weighted by molar-refractivity contribution is 9.10. The second kappa shape index (κ2) is 7.97. The van der Waals surface area contributed by atoms with Crippen molar-refractivity contribution in [1.29, 1.82) is 0 Å². The molecule has 3 rings (SSSR count). The van der Waals surface area contributed by atoms with Gasteiger partial charge in [-0.3, -0.25) is 0 Å². The summed E-state index contributed by atoms with van der Waals surface area (Å²) in [5.74, 6) is 0.916. The third-order valence-corrected chi connectivity index (χ3v) is 4.07. The number of carbonyl (C=O) groups excluding carboxylic acids is 1. The van der Waals surface area contributed by atoms with Gasteiger partial charge >= 0.3 is 5.97 Å². The number of methoxy groups -OCH3 is 2. The minimum absolute atomic E-state index is 0.112. The summed E-state index contributed by atoms with van der Waals surface area (Å²) >= 11 is 3.32. The summed E-state index contributed by atoms with van der Waals surface area (Å²) in [4.78, 5) is 12.2. The maximum absolute atomic E-state index is 12.2. The molecule has 6 nitrogen and oxygen atoms in total. The highest BCUT2D eigenvalue weighted by atomic mass is 79.9. The van der Waals surface area contributed by atoms with Gasteiger partial charge in [-0.15, -0.1) is 10.2 Å². The second-order valence-corrected chi connectivity index (χ2v) is 6.14. The molecule has 7 heteroatoms. The highest BCUT2D eigenvalue weighted by Gasteiger charge is 2.13. The molecule has 0 amide bonds. The topological polar surface area (TPSA) is 70.5 Å². The largest absolute Gasteiger partial charge is 0.497 e. The minimum atomic E-state index is -0.507. The number of esters is 1. The molecular formula is C19H15BrN2O4. The molecular weight excluding hydrogens is 400 g/mol. The van der Waals surface area contributed by atoms with Gasteiger partial charge in [0.1, 0.15) is 11.5 Å². The first kappa shape index (κ1) is 17.9. The van der Waals surface area contributed by atoms with E-state index in [-0.39, 0.29) is 5.88 Å². The van der Waals surface area contributed by atoms with E-state index < -0.39 is 5.97 Å². The molecule has 1 aromatic heterocycles. The summed E-state index contributed by atoms with van der Waals surface area (Å²) < 4.78 is 16.6. The maximum Gasteiger partial charge on any atom is 0.344 e. The van der Waals surface area contributed by atoms with E-state index in [9.17, 15) is 4.79 Å². The van der Waals surface area contributed by atoms with E-state index in [4.69, 9.17) is 14.2 Å². The van der Waals surface area contributed by atoms with E-state index in [1.807, 2.05) is 6.07 Å². The highest BCUT2D eigenvalue weighted by Crippen LogP contribution is 2.32. The Bertz CT molecular complexity index is 929. The van der Waals surface area contributed by atoms with Gasteiger partial charge in [0.05, 0.1) is 25.5 Å². The van der Waals surface area contributed by atoms with Crippen LogP contribution in [0.4, 0.5) is 0 Å². The first-order valence-corrected chi connectivity index (χ1v) is 8.44. The number of aromatic nitrogens is 2. The van der Waals surface area contributed by atoms with Crippen molar-refractivity contribution >= 4 is 21.9 Å². The molecule has 0 aliphatic heterocycles. The van der Waals surface area contributed by atoms with Crippen molar-refractivity contribution in [3.8, 4) is 28.6 Å². The Morgan fingerprint density at radius 2 is 1.81 bits per heavy atom. The van der Waals surface area contributed by atoms with Crippen molar-refractivity contribution in [2.75, 3.05) is 14.2 Å². The molecule has 0 spiro atoms. The number of hydrogen-bond donors (Lipinski definition) is 0. The van der Waals surface area contributed by atoms with Crippen LogP contribution in [0.1, 0.15) is 10.4 Å². The molecule has 0 bridgehead atoms. The summed E-state index contributed by atoms with van der Waals surface area (Å²) in [5.41, 5.74) is 1.71. The average molecular weight is 415 g/mol. The van der Waals surface area contributed by atoms with Crippen LogP contribution in [0.2, 0.25) is 0 Å². The van der Waals surface area contributed by atoms with Crippen molar-refractivity contribution in [2.45, 2.75) is 0 Å². The van der Waals surface area contributed by atoms with E-state index in [0.29, 0.717) is 22.8 Å². The smallest absolute Gasteiger partial charge is 0.344 e. The molecule has 0 unspecified atom stereocenters. The van der Waals surface area contributed by atoms with Gasteiger partial charge in [0.2, 0.25) is 5.88 Å². The standard InChI is InChI=1S/C19H15BrN2O4/c1-24-14-6-8-17(25-2)15(11-14)16-7-9-18(22-21-16)26-19(23)12-4-3-5-13(20)10-12/h3-11H,1-2H3. The van der Waals surface area contributed by atoms with Crippen molar-refractivity contribution in [3.05, 3.63) is 64.6 Å². The first-order valence-electron chi connectivity index (χ1n) is 7.64. The molecule has 0 atom stereocenters. The molecule has 0 saturated carbocycles. The fraction of sp³-hybridized carbons (Fsp3) is 0.105. The number of hydrogen-bond acceptors (Lipinski definition) is 6. The molecule has 132 valence electrons. The lowest BCUT2D eigenvalue weighted by atomic mass is 10.1. The number of rotatable bonds is 5. The molecule has 0 fully saturated rings. The molecule has 0 saturated heterocycles. The summed E-state index contributed by atoms with van der Waals surface area (Å²) in [6.45, 7) is 0. The minimum Gasteiger partial charge on any atom is -0.497 e. The number of ether oxygens (including phenoxy) is 3. The monoisotopic (exact) mass is 414 g/mol. The number of nitrogens with zero attached hydrogens (tertiary/aromatic N) is 2. The summed E-state index contributed by atoms with van der Waals surface area (Å²) in [6.07, 6.45) is 0. The van der Waals surface area contributed by atoms with E-state index in [0.717, 1.165) is 10.0 Å². The maximum atomic E-state index is 12.2. The molecule has 3 aromatic rings. The summed E-state index contributed by atoms with van der Waals surface area (Å²) in [7, 11) is 3.16. The predicted molar refractivity (Wildman–Crippen MR) is 99.7 cm³/mol. The van der Waals surface area contributed by atoms with Crippen LogP contribution in [0.25, 0.3) is 11.3 Å². The fourth-order valence-corrected chi connectivity index (χ4v) is 2.70. The van der Waals surface area contributed by atoms with Crippen LogP contribution in [0.3, 0.4) is 0 Å². The normalized spacial score (nSPS) is 10.3.